The van der Waals surface area contributed by atoms with E-state index in [-0.39, 0.29) is 16.9 Å². The van der Waals surface area contributed by atoms with Gasteiger partial charge in [-0.25, -0.2) is 22.2 Å². The van der Waals surface area contributed by atoms with Gasteiger partial charge in [0.25, 0.3) is 0 Å². The van der Waals surface area contributed by atoms with E-state index in [1.807, 2.05) is 48.5 Å². The lowest BCUT2D eigenvalue weighted by molar-refractivity contribution is 0.103. The molecule has 0 unspecified atom stereocenters. The van der Waals surface area contributed by atoms with E-state index < -0.39 is 38.6 Å². The molecule has 5 aromatic rings. The van der Waals surface area contributed by atoms with Crippen LogP contribution < -0.4 is 0 Å². The molecule has 3 aromatic carbocycles. The highest BCUT2D eigenvalue weighted by molar-refractivity contribution is 7.90. The Morgan fingerprint density at radius 3 is 2.18 bits per heavy atom. The number of pyridine rings is 1. The van der Waals surface area contributed by atoms with Gasteiger partial charge in [0.05, 0.1) is 17.1 Å². The first-order valence-electron chi connectivity index (χ1n) is 12.2. The van der Waals surface area contributed by atoms with E-state index in [0.29, 0.717) is 28.0 Å². The summed E-state index contributed by atoms with van der Waals surface area (Å²) >= 11 is 5.98. The van der Waals surface area contributed by atoms with Gasteiger partial charge in [-0.3, -0.25) is 4.79 Å². The van der Waals surface area contributed by atoms with Gasteiger partial charge in [0.15, 0.2) is 9.84 Å². The zero-order valence-corrected chi connectivity index (χ0v) is 22.4. The van der Waals surface area contributed by atoms with Crippen LogP contribution in [0.1, 0.15) is 34.8 Å². The van der Waals surface area contributed by atoms with Gasteiger partial charge in [0, 0.05) is 39.5 Å². The first kappa shape index (κ1) is 26.7. The Bertz CT molecular complexity index is 1800. The number of hydrogen-bond acceptors (Lipinski definition) is 4. The second kappa shape index (κ2) is 10.7. The van der Waals surface area contributed by atoms with E-state index in [1.54, 1.807) is 19.2 Å². The third kappa shape index (κ3) is 5.48. The normalized spacial score (nSPS) is 11.7. The Labute approximate surface area is 229 Å². The van der Waals surface area contributed by atoms with Crippen LogP contribution in [0, 0.1) is 11.6 Å². The molecule has 0 amide bonds. The molecule has 2 aromatic heterocycles. The summed E-state index contributed by atoms with van der Waals surface area (Å²) < 4.78 is 54.6. The maximum atomic E-state index is 15.3. The van der Waals surface area contributed by atoms with Gasteiger partial charge < -0.3 is 4.98 Å². The number of H-pyrrole nitrogens is 1. The first-order valence-corrected chi connectivity index (χ1v) is 14.4. The van der Waals surface area contributed by atoms with E-state index in [2.05, 4.69) is 9.97 Å². The Morgan fingerprint density at radius 1 is 0.923 bits per heavy atom. The Balaban J connectivity index is 1.50. The fourth-order valence-corrected chi connectivity index (χ4v) is 6.11. The summed E-state index contributed by atoms with van der Waals surface area (Å²) in [4.78, 5) is 20.7. The van der Waals surface area contributed by atoms with Crippen molar-refractivity contribution in [2.45, 2.75) is 19.1 Å². The molecule has 1 N–H and O–H groups in total. The topological polar surface area (TPSA) is 79.9 Å². The van der Waals surface area contributed by atoms with Gasteiger partial charge in [0.2, 0.25) is 5.78 Å². The van der Waals surface area contributed by atoms with E-state index in [0.717, 1.165) is 28.8 Å². The van der Waals surface area contributed by atoms with Crippen molar-refractivity contribution in [3.8, 4) is 22.3 Å². The van der Waals surface area contributed by atoms with Crippen molar-refractivity contribution in [1.82, 2.24) is 9.97 Å². The number of aromatic amines is 1. The van der Waals surface area contributed by atoms with Crippen LogP contribution in [0.3, 0.4) is 0 Å². The molecule has 0 atom stereocenters. The summed E-state index contributed by atoms with van der Waals surface area (Å²) in [5, 5.41) is 1.04. The molecular weight excluding hydrogens is 542 g/mol. The minimum absolute atomic E-state index is 0.0310. The largest absolute Gasteiger partial charge is 0.345 e. The minimum atomic E-state index is -3.61. The van der Waals surface area contributed by atoms with Crippen molar-refractivity contribution in [2.24, 2.45) is 0 Å². The number of fused-ring (bicyclic) bond motifs is 1. The summed E-state index contributed by atoms with van der Waals surface area (Å²) in [6.07, 6.45) is 3.36. The van der Waals surface area contributed by atoms with E-state index in [1.165, 1.54) is 6.20 Å². The van der Waals surface area contributed by atoms with Crippen LogP contribution in [0.25, 0.3) is 33.3 Å². The zero-order valence-electron chi connectivity index (χ0n) is 20.8. The number of ketones is 1. The van der Waals surface area contributed by atoms with Crippen LogP contribution in [0.15, 0.2) is 79.1 Å². The number of aromatic nitrogens is 2. The molecule has 5 nitrogen and oxygen atoms in total. The van der Waals surface area contributed by atoms with Crippen LogP contribution >= 0.6 is 11.6 Å². The monoisotopic (exact) mass is 564 g/mol. The number of sulfone groups is 1. The van der Waals surface area contributed by atoms with Crippen LogP contribution in [-0.4, -0.2) is 29.9 Å². The number of carbonyl (C=O) groups excluding carboxylic acids is 1. The van der Waals surface area contributed by atoms with Crippen LogP contribution in [0.5, 0.6) is 0 Å². The van der Waals surface area contributed by atoms with Gasteiger partial charge >= 0.3 is 0 Å². The molecule has 5 rings (SSSR count). The number of carbonyl (C=O) groups is 1. The Morgan fingerprint density at radius 2 is 1.54 bits per heavy atom. The number of benzene rings is 3. The van der Waals surface area contributed by atoms with Crippen LogP contribution in [0.4, 0.5) is 8.78 Å². The number of hydrogen-bond donors (Lipinski definition) is 1. The quantitative estimate of drug-likeness (QED) is 0.199. The van der Waals surface area contributed by atoms with Crippen molar-refractivity contribution in [1.29, 1.82) is 0 Å². The SMILES string of the molecule is CCCS(=O)(=O)Cc1ccc(F)c(C(=O)c2c[nH]c3ncc(-c4ccc(-c5ccc(Cl)cc5)cc4)cc23)c1F. The van der Waals surface area contributed by atoms with Gasteiger partial charge in [-0.2, -0.15) is 0 Å². The van der Waals surface area contributed by atoms with Crippen molar-refractivity contribution >= 4 is 38.3 Å². The molecule has 0 spiro atoms. The standard InChI is InChI=1S/C30H23ClF2N2O3S/c1-2-13-39(37,38)17-21-9-12-26(32)27(28(21)33)29(36)25-16-35-30-24(25)14-22(15-34-30)20-5-3-18(4-6-20)19-7-10-23(31)11-8-19/h3-12,14-16H,2,13,17H2,1H3,(H,34,35). The van der Waals surface area contributed by atoms with Gasteiger partial charge in [-0.05, 0) is 47.4 Å². The lowest BCUT2D eigenvalue weighted by Gasteiger charge is -2.10. The predicted molar refractivity (Wildman–Crippen MR) is 150 cm³/mol. The minimum Gasteiger partial charge on any atom is -0.345 e. The van der Waals surface area contributed by atoms with Gasteiger partial charge in [0.1, 0.15) is 17.3 Å². The number of halogens is 3. The number of rotatable bonds is 8. The van der Waals surface area contributed by atoms with Crippen LogP contribution in [-0.2, 0) is 15.6 Å². The highest BCUT2D eigenvalue weighted by Gasteiger charge is 2.26. The summed E-state index contributed by atoms with van der Waals surface area (Å²) in [5.74, 6) is -3.88. The fourth-order valence-electron chi connectivity index (χ4n) is 4.52. The second-order valence-electron chi connectivity index (χ2n) is 9.22. The summed E-state index contributed by atoms with van der Waals surface area (Å²) in [6, 6.07) is 19.0. The number of nitrogens with zero attached hydrogens (tertiary/aromatic N) is 1. The highest BCUT2D eigenvalue weighted by atomic mass is 35.5. The van der Waals surface area contributed by atoms with Crippen molar-refractivity contribution in [2.75, 3.05) is 5.75 Å². The molecular formula is C30H23ClF2N2O3S. The number of nitrogens with one attached hydrogen (secondary N) is 1. The summed E-state index contributed by atoms with van der Waals surface area (Å²) in [7, 11) is -3.61. The average Bonchev–Trinajstić information content (AvgIpc) is 3.34. The van der Waals surface area contributed by atoms with Gasteiger partial charge in [-0.1, -0.05) is 61.0 Å². The van der Waals surface area contributed by atoms with Crippen molar-refractivity contribution in [3.63, 3.8) is 0 Å². The molecule has 2 heterocycles. The third-order valence-electron chi connectivity index (χ3n) is 6.46. The lowest BCUT2D eigenvalue weighted by atomic mass is 9.98. The van der Waals surface area contributed by atoms with Crippen molar-refractivity contribution < 1.29 is 22.0 Å². The third-order valence-corrected chi connectivity index (χ3v) is 8.49. The molecule has 9 heteroatoms. The molecule has 198 valence electrons. The second-order valence-corrected chi connectivity index (χ2v) is 11.8. The summed E-state index contributed by atoms with van der Waals surface area (Å²) in [5.41, 5.74) is 2.92. The highest BCUT2D eigenvalue weighted by Crippen LogP contribution is 2.30. The van der Waals surface area contributed by atoms with Gasteiger partial charge in [-0.15, -0.1) is 0 Å². The molecule has 0 aliphatic heterocycles. The maximum absolute atomic E-state index is 15.3. The molecule has 0 radical (unpaired) electrons. The van der Waals surface area contributed by atoms with E-state index in [9.17, 15) is 17.6 Å². The van der Waals surface area contributed by atoms with E-state index in [4.69, 9.17) is 11.6 Å². The molecule has 0 bridgehead atoms. The summed E-state index contributed by atoms with van der Waals surface area (Å²) in [6.45, 7) is 1.70. The molecule has 0 fully saturated rings. The molecule has 0 saturated heterocycles. The zero-order chi connectivity index (χ0) is 27.7. The first-order chi connectivity index (χ1) is 18.7. The fraction of sp³-hybridized carbons (Fsp3) is 0.133. The predicted octanol–water partition coefficient (Wildman–Crippen LogP) is 7.38. The maximum Gasteiger partial charge on any atom is 0.201 e. The molecule has 0 saturated carbocycles. The molecule has 0 aliphatic carbocycles. The van der Waals surface area contributed by atoms with Crippen LogP contribution in [0.2, 0.25) is 5.02 Å². The smallest absolute Gasteiger partial charge is 0.201 e. The lowest BCUT2D eigenvalue weighted by Crippen LogP contribution is -2.14. The van der Waals surface area contributed by atoms with Crippen molar-refractivity contribution in [3.05, 3.63) is 112 Å². The Hall–Kier alpha value is -3.88. The Kier molecular flexibility index (Phi) is 7.34. The molecule has 0 aliphatic rings. The molecule has 39 heavy (non-hydrogen) atoms. The van der Waals surface area contributed by atoms with E-state index >= 15 is 4.39 Å². The average molecular weight is 565 g/mol.